The number of carbonyl (C=O) groups excluding carboxylic acids is 1. The Balaban J connectivity index is 3.08. The summed E-state index contributed by atoms with van der Waals surface area (Å²) in [6, 6.07) is 9.72. The number of benzene rings is 1. The Hall–Kier alpha value is -1.02. The number of thiol groups is 1. The van der Waals surface area contributed by atoms with E-state index < -0.39 is 0 Å². The van der Waals surface area contributed by atoms with Crippen LogP contribution < -0.4 is 0 Å². The molecule has 0 aliphatic heterocycles. The molecule has 1 rings (SSSR count). The molecule has 0 unspecified atom stereocenters. The van der Waals surface area contributed by atoms with Gasteiger partial charge in [0, 0.05) is 4.91 Å². The fourth-order valence-electron chi connectivity index (χ4n) is 0.924. The van der Waals surface area contributed by atoms with Crippen LogP contribution in [0.2, 0.25) is 0 Å². The van der Waals surface area contributed by atoms with E-state index in [0.717, 1.165) is 17.4 Å². The molecule has 0 heterocycles. The minimum Gasteiger partial charge on any atom is -0.297 e. The Kier molecular flexibility index (Phi) is 3.11. The first-order valence-electron chi connectivity index (χ1n) is 3.66. The van der Waals surface area contributed by atoms with Gasteiger partial charge in [0.25, 0.3) is 0 Å². The average Bonchev–Trinajstić information content (AvgIpc) is 2.17. The van der Waals surface area contributed by atoms with Gasteiger partial charge in [0.2, 0.25) is 0 Å². The zero-order valence-electron chi connectivity index (χ0n) is 6.82. The first kappa shape index (κ1) is 9.07. The number of aldehydes is 1. The molecule has 0 saturated heterocycles. The van der Waals surface area contributed by atoms with Crippen LogP contribution in [-0.4, -0.2) is 6.29 Å². The fourth-order valence-corrected chi connectivity index (χ4v) is 1.05. The lowest BCUT2D eigenvalue weighted by Gasteiger charge is -2.00. The summed E-state index contributed by atoms with van der Waals surface area (Å²) in [4.78, 5) is 10.9. The van der Waals surface area contributed by atoms with Crippen molar-refractivity contribution in [3.63, 3.8) is 0 Å². The summed E-state index contributed by atoms with van der Waals surface area (Å²) < 4.78 is 0. The lowest BCUT2D eigenvalue weighted by atomic mass is 10.1. The van der Waals surface area contributed by atoms with Crippen molar-refractivity contribution in [2.75, 3.05) is 0 Å². The van der Waals surface area contributed by atoms with E-state index in [4.69, 9.17) is 0 Å². The monoisotopic (exact) mass is 178 g/mol. The highest BCUT2D eigenvalue weighted by Crippen LogP contribution is 2.18. The zero-order chi connectivity index (χ0) is 8.97. The summed E-state index contributed by atoms with van der Waals surface area (Å²) in [5, 5.41) is 0. The van der Waals surface area contributed by atoms with Gasteiger partial charge in [-0.1, -0.05) is 30.3 Å². The molecular weight excluding hydrogens is 168 g/mol. The van der Waals surface area contributed by atoms with Gasteiger partial charge >= 0.3 is 0 Å². The summed E-state index contributed by atoms with van der Waals surface area (Å²) in [6.07, 6.45) is 0.755. The first-order valence-corrected chi connectivity index (χ1v) is 4.11. The molecule has 1 aromatic rings. The van der Waals surface area contributed by atoms with Crippen LogP contribution in [0.1, 0.15) is 12.5 Å². The molecular formula is C10H10OS. The van der Waals surface area contributed by atoms with E-state index in [0.29, 0.717) is 4.91 Å². The molecule has 0 fully saturated rings. The number of hydrogen-bond donors (Lipinski definition) is 1. The average molecular weight is 178 g/mol. The highest BCUT2D eigenvalue weighted by atomic mass is 32.1. The molecule has 1 aromatic carbocycles. The van der Waals surface area contributed by atoms with E-state index >= 15 is 0 Å². The summed E-state index contributed by atoms with van der Waals surface area (Å²) in [7, 11) is 0. The maximum atomic E-state index is 10.4. The van der Waals surface area contributed by atoms with E-state index in [1.807, 2.05) is 37.3 Å². The lowest BCUT2D eigenvalue weighted by molar-refractivity contribution is -0.104. The topological polar surface area (TPSA) is 17.1 Å². The van der Waals surface area contributed by atoms with Crippen molar-refractivity contribution in [2.24, 2.45) is 0 Å². The van der Waals surface area contributed by atoms with Crippen molar-refractivity contribution in [1.29, 1.82) is 0 Å². The van der Waals surface area contributed by atoms with E-state index in [2.05, 4.69) is 12.6 Å². The van der Waals surface area contributed by atoms with Crippen LogP contribution in [0.25, 0.3) is 5.57 Å². The summed E-state index contributed by atoms with van der Waals surface area (Å²) in [6.45, 7) is 1.88. The van der Waals surface area contributed by atoms with E-state index in [9.17, 15) is 4.79 Å². The molecule has 1 nitrogen and oxygen atoms in total. The van der Waals surface area contributed by atoms with Gasteiger partial charge in [-0.2, -0.15) is 0 Å². The number of rotatable bonds is 2. The van der Waals surface area contributed by atoms with Gasteiger partial charge in [0.1, 0.15) is 0 Å². The van der Waals surface area contributed by atoms with Crippen molar-refractivity contribution in [3.8, 4) is 0 Å². The van der Waals surface area contributed by atoms with Crippen LogP contribution in [0.3, 0.4) is 0 Å². The summed E-state index contributed by atoms with van der Waals surface area (Å²) >= 11 is 4.05. The molecule has 0 radical (unpaired) electrons. The van der Waals surface area contributed by atoms with Gasteiger partial charge in [0.15, 0.2) is 6.29 Å². The normalized spacial score (nSPS) is 12.2. The third kappa shape index (κ3) is 1.98. The van der Waals surface area contributed by atoms with Crippen molar-refractivity contribution < 1.29 is 4.79 Å². The first-order chi connectivity index (χ1) is 5.75. The Bertz CT molecular complexity index is 301. The van der Waals surface area contributed by atoms with Crippen molar-refractivity contribution in [3.05, 3.63) is 40.8 Å². The number of allylic oxidation sites excluding steroid dienone is 2. The van der Waals surface area contributed by atoms with E-state index in [-0.39, 0.29) is 0 Å². The van der Waals surface area contributed by atoms with Gasteiger partial charge in [-0.3, -0.25) is 4.79 Å². The van der Waals surface area contributed by atoms with Crippen LogP contribution in [-0.2, 0) is 4.79 Å². The molecule has 0 aromatic heterocycles. The van der Waals surface area contributed by atoms with Crippen molar-refractivity contribution in [2.45, 2.75) is 6.92 Å². The van der Waals surface area contributed by atoms with Gasteiger partial charge in [-0.05, 0) is 18.1 Å². The Morgan fingerprint density at radius 3 is 2.42 bits per heavy atom. The van der Waals surface area contributed by atoms with Gasteiger partial charge in [-0.15, -0.1) is 12.6 Å². The van der Waals surface area contributed by atoms with Crippen LogP contribution in [0.4, 0.5) is 0 Å². The third-order valence-electron chi connectivity index (χ3n) is 1.70. The smallest absolute Gasteiger partial charge is 0.156 e. The third-order valence-corrected chi connectivity index (χ3v) is 2.14. The second-order valence-corrected chi connectivity index (χ2v) is 2.98. The molecule has 0 amide bonds. The number of hydrogen-bond acceptors (Lipinski definition) is 2. The second kappa shape index (κ2) is 4.12. The van der Waals surface area contributed by atoms with Crippen LogP contribution in [0.15, 0.2) is 35.2 Å². The highest BCUT2D eigenvalue weighted by Gasteiger charge is 1.98. The molecule has 0 aliphatic carbocycles. The maximum absolute atomic E-state index is 10.4. The van der Waals surface area contributed by atoms with E-state index in [1.165, 1.54) is 0 Å². The van der Waals surface area contributed by atoms with Crippen LogP contribution >= 0.6 is 12.6 Å². The minimum atomic E-state index is 0.487. The van der Waals surface area contributed by atoms with Gasteiger partial charge < -0.3 is 0 Å². The van der Waals surface area contributed by atoms with Gasteiger partial charge in [0.05, 0.1) is 0 Å². The van der Waals surface area contributed by atoms with E-state index in [1.54, 1.807) is 0 Å². The molecule has 0 N–H and O–H groups in total. The molecule has 62 valence electrons. The number of carbonyl (C=O) groups is 1. The Morgan fingerprint density at radius 1 is 1.33 bits per heavy atom. The highest BCUT2D eigenvalue weighted by molar-refractivity contribution is 7.85. The zero-order valence-corrected chi connectivity index (χ0v) is 7.71. The molecule has 0 bridgehead atoms. The predicted octanol–water partition coefficient (Wildman–Crippen LogP) is 2.55. The second-order valence-electron chi connectivity index (χ2n) is 2.49. The maximum Gasteiger partial charge on any atom is 0.156 e. The summed E-state index contributed by atoms with van der Waals surface area (Å²) in [5.41, 5.74) is 1.95. The SMILES string of the molecule is CC(=C(S)C=O)c1ccccc1. The van der Waals surface area contributed by atoms with Crippen LogP contribution in [0, 0.1) is 0 Å². The predicted molar refractivity (Wildman–Crippen MR) is 54.1 cm³/mol. The molecule has 0 saturated carbocycles. The lowest BCUT2D eigenvalue weighted by Crippen LogP contribution is -1.83. The molecule has 0 aliphatic rings. The molecule has 0 spiro atoms. The molecule has 0 atom stereocenters. The fraction of sp³-hybridized carbons (Fsp3) is 0.100. The summed E-state index contributed by atoms with van der Waals surface area (Å²) in [5.74, 6) is 0. The Morgan fingerprint density at radius 2 is 1.92 bits per heavy atom. The van der Waals surface area contributed by atoms with Crippen molar-refractivity contribution in [1.82, 2.24) is 0 Å². The molecule has 2 heteroatoms. The Labute approximate surface area is 77.5 Å². The largest absolute Gasteiger partial charge is 0.297 e. The molecule has 12 heavy (non-hydrogen) atoms. The standard InChI is InChI=1S/C10H10OS/c1-8(10(12)7-11)9-5-3-2-4-6-9/h2-7,12H,1H3. The quantitative estimate of drug-likeness (QED) is 0.418. The van der Waals surface area contributed by atoms with Crippen LogP contribution in [0.5, 0.6) is 0 Å². The minimum absolute atomic E-state index is 0.487. The van der Waals surface area contributed by atoms with Crippen molar-refractivity contribution >= 4 is 24.5 Å². The van der Waals surface area contributed by atoms with Gasteiger partial charge in [-0.25, -0.2) is 0 Å².